The highest BCUT2D eigenvalue weighted by Gasteiger charge is 2.14. The minimum atomic E-state index is -0.426. The van der Waals surface area contributed by atoms with Crippen LogP contribution in [0, 0.1) is 0 Å². The van der Waals surface area contributed by atoms with Gasteiger partial charge in [-0.1, -0.05) is 43.0 Å². The summed E-state index contributed by atoms with van der Waals surface area (Å²) in [5, 5.41) is 12.3. The van der Waals surface area contributed by atoms with Crippen molar-refractivity contribution in [1.29, 1.82) is 0 Å². The van der Waals surface area contributed by atoms with Gasteiger partial charge in [-0.2, -0.15) is 0 Å². The molecule has 0 saturated carbocycles. The molecule has 22 heavy (non-hydrogen) atoms. The lowest BCUT2D eigenvalue weighted by atomic mass is 10.1. The summed E-state index contributed by atoms with van der Waals surface area (Å²) in [5.41, 5.74) is 1.38. The zero-order valence-corrected chi connectivity index (χ0v) is 12.2. The molecule has 2 rings (SSSR count). The molecule has 4 nitrogen and oxygen atoms in total. The molecule has 0 radical (unpaired) electrons. The van der Waals surface area contributed by atoms with Crippen LogP contribution in [0.25, 0.3) is 0 Å². The van der Waals surface area contributed by atoms with E-state index >= 15 is 0 Å². The SMILES string of the molecule is C=CCOc1ccc(C(=O)NC(CO)c2ccccc2)cc1. The first-order valence-electron chi connectivity index (χ1n) is 7.05. The van der Waals surface area contributed by atoms with Crippen LogP contribution in [0.4, 0.5) is 0 Å². The maximum atomic E-state index is 12.2. The summed E-state index contributed by atoms with van der Waals surface area (Å²) in [6.45, 7) is 3.85. The lowest BCUT2D eigenvalue weighted by Crippen LogP contribution is -2.30. The summed E-state index contributed by atoms with van der Waals surface area (Å²) >= 11 is 0. The molecule has 1 amide bonds. The summed E-state index contributed by atoms with van der Waals surface area (Å²) in [5.74, 6) is 0.441. The Balaban J connectivity index is 2.03. The predicted octanol–water partition coefficient (Wildman–Crippen LogP) is 2.71. The molecule has 4 heteroatoms. The third-order valence-electron chi connectivity index (χ3n) is 3.17. The molecule has 2 aromatic carbocycles. The fourth-order valence-electron chi connectivity index (χ4n) is 2.02. The van der Waals surface area contributed by atoms with Gasteiger partial charge in [0.1, 0.15) is 12.4 Å². The Morgan fingerprint density at radius 3 is 2.45 bits per heavy atom. The van der Waals surface area contributed by atoms with E-state index < -0.39 is 6.04 Å². The third kappa shape index (κ3) is 4.20. The number of rotatable bonds is 7. The second-order valence-corrected chi connectivity index (χ2v) is 4.74. The van der Waals surface area contributed by atoms with Crippen molar-refractivity contribution in [3.8, 4) is 5.75 Å². The van der Waals surface area contributed by atoms with Gasteiger partial charge in [0.15, 0.2) is 0 Å². The largest absolute Gasteiger partial charge is 0.490 e. The smallest absolute Gasteiger partial charge is 0.251 e. The molecule has 2 N–H and O–H groups in total. The fraction of sp³-hybridized carbons (Fsp3) is 0.167. The Bertz CT molecular complexity index is 608. The standard InChI is InChI=1S/C18H19NO3/c1-2-12-22-16-10-8-15(9-11-16)18(21)19-17(13-20)14-6-4-3-5-7-14/h2-11,17,20H,1,12-13H2,(H,19,21). The molecule has 0 fully saturated rings. The molecular formula is C18H19NO3. The number of carbonyl (C=O) groups is 1. The molecule has 0 spiro atoms. The average Bonchev–Trinajstić information content (AvgIpc) is 2.58. The summed E-state index contributed by atoms with van der Waals surface area (Å²) in [6, 6.07) is 15.8. The molecule has 0 aromatic heterocycles. The molecule has 1 atom stereocenters. The minimum Gasteiger partial charge on any atom is -0.490 e. The van der Waals surface area contributed by atoms with Crippen LogP contribution in [-0.2, 0) is 0 Å². The van der Waals surface area contributed by atoms with E-state index in [9.17, 15) is 9.90 Å². The zero-order valence-electron chi connectivity index (χ0n) is 12.2. The molecule has 1 unspecified atom stereocenters. The Labute approximate surface area is 130 Å². The van der Waals surface area contributed by atoms with Crippen LogP contribution >= 0.6 is 0 Å². The van der Waals surface area contributed by atoms with E-state index in [1.54, 1.807) is 30.3 Å². The highest BCUT2D eigenvalue weighted by molar-refractivity contribution is 5.94. The molecule has 0 aliphatic rings. The van der Waals surface area contributed by atoms with Crippen molar-refractivity contribution in [2.24, 2.45) is 0 Å². The molecule has 0 bridgehead atoms. The Hall–Kier alpha value is -2.59. The summed E-state index contributed by atoms with van der Waals surface area (Å²) in [6.07, 6.45) is 1.66. The van der Waals surface area contributed by atoms with Gasteiger partial charge in [-0.15, -0.1) is 0 Å². The van der Waals surface area contributed by atoms with Gasteiger partial charge in [-0.05, 0) is 29.8 Å². The van der Waals surface area contributed by atoms with E-state index in [0.29, 0.717) is 17.9 Å². The maximum Gasteiger partial charge on any atom is 0.251 e. The van der Waals surface area contributed by atoms with E-state index in [1.165, 1.54) is 0 Å². The number of hydrogen-bond donors (Lipinski definition) is 2. The summed E-state index contributed by atoms with van der Waals surface area (Å²) < 4.78 is 5.37. The predicted molar refractivity (Wildman–Crippen MR) is 85.9 cm³/mol. The van der Waals surface area contributed by atoms with Crippen molar-refractivity contribution in [3.05, 3.63) is 78.4 Å². The van der Waals surface area contributed by atoms with E-state index in [1.807, 2.05) is 30.3 Å². The lowest BCUT2D eigenvalue weighted by Gasteiger charge is -2.16. The first-order chi connectivity index (χ1) is 10.7. The van der Waals surface area contributed by atoms with Crippen molar-refractivity contribution in [3.63, 3.8) is 0 Å². The van der Waals surface area contributed by atoms with Crippen molar-refractivity contribution >= 4 is 5.91 Å². The second kappa shape index (κ2) is 8.00. The number of benzene rings is 2. The Morgan fingerprint density at radius 2 is 1.86 bits per heavy atom. The number of ether oxygens (including phenoxy) is 1. The highest BCUT2D eigenvalue weighted by Crippen LogP contribution is 2.15. The molecular weight excluding hydrogens is 278 g/mol. The monoisotopic (exact) mass is 297 g/mol. The molecule has 0 saturated heterocycles. The average molecular weight is 297 g/mol. The first kappa shape index (κ1) is 15.8. The van der Waals surface area contributed by atoms with Gasteiger partial charge in [0.05, 0.1) is 12.6 Å². The van der Waals surface area contributed by atoms with Gasteiger partial charge in [0, 0.05) is 5.56 Å². The highest BCUT2D eigenvalue weighted by atomic mass is 16.5. The summed E-state index contributed by atoms with van der Waals surface area (Å²) in [4.78, 5) is 12.2. The Kier molecular flexibility index (Phi) is 5.74. The van der Waals surface area contributed by atoms with E-state index in [-0.39, 0.29) is 12.5 Å². The van der Waals surface area contributed by atoms with Crippen LogP contribution < -0.4 is 10.1 Å². The molecule has 0 aliphatic heterocycles. The van der Waals surface area contributed by atoms with Crippen LogP contribution in [0.5, 0.6) is 5.75 Å². The van der Waals surface area contributed by atoms with Gasteiger partial charge in [-0.25, -0.2) is 0 Å². The van der Waals surface area contributed by atoms with Crippen molar-refractivity contribution in [2.45, 2.75) is 6.04 Å². The quantitative estimate of drug-likeness (QED) is 0.773. The number of hydrogen-bond acceptors (Lipinski definition) is 3. The van der Waals surface area contributed by atoms with Crippen LogP contribution in [0.2, 0.25) is 0 Å². The van der Waals surface area contributed by atoms with Gasteiger partial charge in [-0.3, -0.25) is 4.79 Å². The lowest BCUT2D eigenvalue weighted by molar-refractivity contribution is 0.0916. The minimum absolute atomic E-state index is 0.156. The zero-order chi connectivity index (χ0) is 15.8. The normalized spacial score (nSPS) is 11.5. The summed E-state index contributed by atoms with van der Waals surface area (Å²) in [7, 11) is 0. The van der Waals surface area contributed by atoms with Crippen LogP contribution in [-0.4, -0.2) is 24.2 Å². The maximum absolute atomic E-state index is 12.2. The van der Waals surface area contributed by atoms with Crippen LogP contribution in [0.1, 0.15) is 22.0 Å². The molecule has 0 aliphatic carbocycles. The van der Waals surface area contributed by atoms with Crippen molar-refractivity contribution in [2.75, 3.05) is 13.2 Å². The van der Waals surface area contributed by atoms with Gasteiger partial charge < -0.3 is 15.2 Å². The fourth-order valence-corrected chi connectivity index (χ4v) is 2.02. The number of nitrogens with one attached hydrogen (secondary N) is 1. The number of amides is 1. The van der Waals surface area contributed by atoms with E-state index in [2.05, 4.69) is 11.9 Å². The van der Waals surface area contributed by atoms with Gasteiger partial charge >= 0.3 is 0 Å². The van der Waals surface area contributed by atoms with E-state index in [0.717, 1.165) is 5.56 Å². The Morgan fingerprint density at radius 1 is 1.18 bits per heavy atom. The number of aliphatic hydroxyl groups is 1. The van der Waals surface area contributed by atoms with Crippen molar-refractivity contribution in [1.82, 2.24) is 5.32 Å². The van der Waals surface area contributed by atoms with Crippen LogP contribution in [0.3, 0.4) is 0 Å². The van der Waals surface area contributed by atoms with Crippen molar-refractivity contribution < 1.29 is 14.6 Å². The molecule has 0 heterocycles. The number of carbonyl (C=O) groups excluding carboxylic acids is 1. The van der Waals surface area contributed by atoms with E-state index in [4.69, 9.17) is 4.74 Å². The third-order valence-corrected chi connectivity index (χ3v) is 3.17. The molecule has 114 valence electrons. The topological polar surface area (TPSA) is 58.6 Å². The van der Waals surface area contributed by atoms with Gasteiger partial charge in [0.2, 0.25) is 0 Å². The number of aliphatic hydroxyl groups excluding tert-OH is 1. The first-order valence-corrected chi connectivity index (χ1v) is 7.05. The second-order valence-electron chi connectivity index (χ2n) is 4.74. The van der Waals surface area contributed by atoms with Crippen LogP contribution in [0.15, 0.2) is 67.3 Å². The molecule has 2 aromatic rings. The van der Waals surface area contributed by atoms with Gasteiger partial charge in [0.25, 0.3) is 5.91 Å².